The molecule has 2 aliphatic rings. The predicted molar refractivity (Wildman–Crippen MR) is 105 cm³/mol. The molecule has 3 unspecified atom stereocenters. The molecular formula is C19H37N3O3S. The number of carbonyl (C=O) groups is 1. The molecule has 1 saturated heterocycles. The Morgan fingerprint density at radius 2 is 1.77 bits per heavy atom. The maximum atomic E-state index is 12.6. The van der Waals surface area contributed by atoms with Crippen molar-refractivity contribution in [3.8, 4) is 0 Å². The number of amides is 1. The summed E-state index contributed by atoms with van der Waals surface area (Å²) in [5.74, 6) is 0.879. The molecule has 1 amide bonds. The lowest BCUT2D eigenvalue weighted by Gasteiger charge is -2.38. The highest BCUT2D eigenvalue weighted by molar-refractivity contribution is 7.89. The quantitative estimate of drug-likeness (QED) is 0.648. The number of nitrogens with zero attached hydrogens (tertiary/aromatic N) is 2. The molecule has 0 aromatic rings. The van der Waals surface area contributed by atoms with Crippen molar-refractivity contribution in [3.63, 3.8) is 0 Å². The molecule has 0 spiro atoms. The Balaban J connectivity index is 1.80. The van der Waals surface area contributed by atoms with Crippen LogP contribution in [0.1, 0.15) is 65.7 Å². The maximum absolute atomic E-state index is 12.6. The molecule has 26 heavy (non-hydrogen) atoms. The van der Waals surface area contributed by atoms with Crippen molar-refractivity contribution in [3.05, 3.63) is 0 Å². The van der Waals surface area contributed by atoms with Gasteiger partial charge in [-0.25, -0.2) is 8.42 Å². The highest BCUT2D eigenvalue weighted by Crippen LogP contribution is 2.24. The van der Waals surface area contributed by atoms with Gasteiger partial charge in [-0.3, -0.25) is 9.69 Å². The van der Waals surface area contributed by atoms with Gasteiger partial charge >= 0.3 is 0 Å². The third-order valence-electron chi connectivity index (χ3n) is 6.04. The average Bonchev–Trinajstić information content (AvgIpc) is 2.63. The third kappa shape index (κ3) is 5.92. The zero-order chi connectivity index (χ0) is 19.2. The standard InChI is InChI=1S/C19H37N3O3S/c1-4-5-8-15-26(24,25)22-13-11-21(12-14-22)17(3)19(23)20-18-10-7-6-9-16(18)2/h16-18H,4-15H2,1-3H3,(H,20,23). The zero-order valence-corrected chi connectivity index (χ0v) is 17.6. The van der Waals surface area contributed by atoms with E-state index in [1.54, 1.807) is 4.31 Å². The fraction of sp³-hybridized carbons (Fsp3) is 0.947. The fourth-order valence-electron chi connectivity index (χ4n) is 4.03. The number of nitrogens with one attached hydrogen (secondary N) is 1. The number of sulfonamides is 1. The van der Waals surface area contributed by atoms with Crippen LogP contribution in [0.3, 0.4) is 0 Å². The van der Waals surface area contributed by atoms with Gasteiger partial charge in [-0.1, -0.05) is 39.5 Å². The molecule has 2 fully saturated rings. The van der Waals surface area contributed by atoms with Gasteiger partial charge < -0.3 is 5.32 Å². The molecule has 6 nitrogen and oxygen atoms in total. The van der Waals surface area contributed by atoms with Crippen LogP contribution in [-0.2, 0) is 14.8 Å². The van der Waals surface area contributed by atoms with Crippen molar-refractivity contribution in [2.75, 3.05) is 31.9 Å². The molecule has 1 heterocycles. The average molecular weight is 388 g/mol. The van der Waals surface area contributed by atoms with E-state index in [1.807, 2.05) is 6.92 Å². The van der Waals surface area contributed by atoms with Crippen LogP contribution in [0.4, 0.5) is 0 Å². The first-order valence-corrected chi connectivity index (χ1v) is 12.0. The Morgan fingerprint density at radius 1 is 1.12 bits per heavy atom. The van der Waals surface area contributed by atoms with E-state index < -0.39 is 10.0 Å². The summed E-state index contributed by atoms with van der Waals surface area (Å²) in [6, 6.07) is 0.0907. The van der Waals surface area contributed by atoms with E-state index in [-0.39, 0.29) is 17.7 Å². The molecule has 0 radical (unpaired) electrons. The van der Waals surface area contributed by atoms with Crippen LogP contribution in [0.5, 0.6) is 0 Å². The van der Waals surface area contributed by atoms with Crippen LogP contribution in [0, 0.1) is 5.92 Å². The molecule has 0 aromatic carbocycles. The molecule has 0 aromatic heterocycles. The Bertz CT molecular complexity index is 544. The van der Waals surface area contributed by atoms with Crippen LogP contribution < -0.4 is 5.32 Å². The molecule has 7 heteroatoms. The minimum atomic E-state index is -3.15. The maximum Gasteiger partial charge on any atom is 0.237 e. The summed E-state index contributed by atoms with van der Waals surface area (Å²) in [6.45, 7) is 8.47. The van der Waals surface area contributed by atoms with Gasteiger partial charge in [0.2, 0.25) is 15.9 Å². The Kier molecular flexibility index (Phi) is 8.36. The van der Waals surface area contributed by atoms with E-state index in [0.717, 1.165) is 25.7 Å². The molecule has 1 aliphatic heterocycles. The number of carbonyl (C=O) groups excluding carboxylic acids is 1. The minimum absolute atomic E-state index is 0.0861. The number of hydrogen-bond acceptors (Lipinski definition) is 4. The zero-order valence-electron chi connectivity index (χ0n) is 16.7. The number of rotatable bonds is 8. The summed E-state index contributed by atoms with van der Waals surface area (Å²) in [4.78, 5) is 14.7. The summed E-state index contributed by atoms with van der Waals surface area (Å²) < 4.78 is 26.4. The second-order valence-electron chi connectivity index (χ2n) is 8.01. The smallest absolute Gasteiger partial charge is 0.237 e. The lowest BCUT2D eigenvalue weighted by molar-refractivity contribution is -0.127. The first-order chi connectivity index (χ1) is 12.3. The van der Waals surface area contributed by atoms with Crippen LogP contribution >= 0.6 is 0 Å². The monoisotopic (exact) mass is 387 g/mol. The van der Waals surface area contributed by atoms with Crippen LogP contribution in [0.15, 0.2) is 0 Å². The highest BCUT2D eigenvalue weighted by atomic mass is 32.2. The first kappa shape index (κ1) is 21.6. The van der Waals surface area contributed by atoms with Gasteiger partial charge in [0.15, 0.2) is 0 Å². The van der Waals surface area contributed by atoms with E-state index in [9.17, 15) is 13.2 Å². The predicted octanol–water partition coefficient (Wildman–Crippen LogP) is 2.21. The van der Waals surface area contributed by atoms with E-state index in [2.05, 4.69) is 24.1 Å². The molecule has 1 N–H and O–H groups in total. The molecule has 1 saturated carbocycles. The molecule has 1 aliphatic carbocycles. The lowest BCUT2D eigenvalue weighted by atomic mass is 9.86. The minimum Gasteiger partial charge on any atom is -0.352 e. The summed E-state index contributed by atoms with van der Waals surface area (Å²) in [5, 5.41) is 3.23. The second kappa shape index (κ2) is 10.0. The third-order valence-corrected chi connectivity index (χ3v) is 8.00. The van der Waals surface area contributed by atoms with Crippen LogP contribution in [0.2, 0.25) is 0 Å². The fourth-order valence-corrected chi connectivity index (χ4v) is 5.58. The number of unbranched alkanes of at least 4 members (excludes halogenated alkanes) is 2. The van der Waals surface area contributed by atoms with Crippen molar-refractivity contribution >= 4 is 15.9 Å². The van der Waals surface area contributed by atoms with E-state index >= 15 is 0 Å². The van der Waals surface area contributed by atoms with Crippen molar-refractivity contribution in [1.82, 2.24) is 14.5 Å². The molecule has 3 atom stereocenters. The van der Waals surface area contributed by atoms with Crippen molar-refractivity contribution in [2.24, 2.45) is 5.92 Å². The normalized spacial score (nSPS) is 27.2. The summed E-state index contributed by atoms with van der Waals surface area (Å²) in [6.07, 6.45) is 7.43. The summed E-state index contributed by atoms with van der Waals surface area (Å²) >= 11 is 0. The van der Waals surface area contributed by atoms with E-state index in [4.69, 9.17) is 0 Å². The topological polar surface area (TPSA) is 69.7 Å². The molecule has 152 valence electrons. The summed E-state index contributed by atoms with van der Waals surface area (Å²) in [5.41, 5.74) is 0. The molecule has 2 rings (SSSR count). The van der Waals surface area contributed by atoms with E-state index in [1.165, 1.54) is 19.3 Å². The van der Waals surface area contributed by atoms with Crippen molar-refractivity contribution < 1.29 is 13.2 Å². The van der Waals surface area contributed by atoms with Crippen molar-refractivity contribution in [1.29, 1.82) is 0 Å². The van der Waals surface area contributed by atoms with Crippen LogP contribution in [-0.4, -0.2) is 67.5 Å². The van der Waals surface area contributed by atoms with Crippen molar-refractivity contribution in [2.45, 2.75) is 77.8 Å². The van der Waals surface area contributed by atoms with E-state index in [0.29, 0.717) is 38.1 Å². The van der Waals surface area contributed by atoms with Gasteiger partial charge in [-0.05, 0) is 32.1 Å². The SMILES string of the molecule is CCCCCS(=O)(=O)N1CCN(C(C)C(=O)NC2CCCCC2C)CC1. The largest absolute Gasteiger partial charge is 0.352 e. The number of piperazine rings is 1. The summed E-state index contributed by atoms with van der Waals surface area (Å²) in [7, 11) is -3.15. The van der Waals surface area contributed by atoms with Gasteiger partial charge in [0.25, 0.3) is 0 Å². The molecule has 0 bridgehead atoms. The van der Waals surface area contributed by atoms with Crippen LogP contribution in [0.25, 0.3) is 0 Å². The Labute approximate surface area is 159 Å². The Morgan fingerprint density at radius 3 is 2.38 bits per heavy atom. The van der Waals surface area contributed by atoms with Gasteiger partial charge in [-0.15, -0.1) is 0 Å². The second-order valence-corrected chi connectivity index (χ2v) is 10.1. The van der Waals surface area contributed by atoms with Gasteiger partial charge in [-0.2, -0.15) is 4.31 Å². The first-order valence-electron chi connectivity index (χ1n) is 10.4. The van der Waals surface area contributed by atoms with Gasteiger partial charge in [0.05, 0.1) is 11.8 Å². The van der Waals surface area contributed by atoms with Gasteiger partial charge in [0.1, 0.15) is 0 Å². The Hall–Kier alpha value is -0.660. The van der Waals surface area contributed by atoms with Gasteiger partial charge in [0, 0.05) is 32.2 Å². The lowest BCUT2D eigenvalue weighted by Crippen LogP contribution is -2.56. The number of hydrogen-bond donors (Lipinski definition) is 1. The molecular weight excluding hydrogens is 350 g/mol. The highest BCUT2D eigenvalue weighted by Gasteiger charge is 2.32.